The van der Waals surface area contributed by atoms with E-state index in [1.165, 1.54) is 6.33 Å². The maximum Gasteiger partial charge on any atom is 0.326 e. The molecule has 6 heteroatoms. The summed E-state index contributed by atoms with van der Waals surface area (Å²) in [5.74, 6) is 0.293. The van der Waals surface area contributed by atoms with Gasteiger partial charge in [-0.3, -0.25) is 0 Å². The molecule has 1 aliphatic rings. The number of aromatic nitrogens is 2. The molecule has 92 valence electrons. The predicted molar refractivity (Wildman–Crippen MR) is 61.2 cm³/mol. The fourth-order valence-corrected chi connectivity index (χ4v) is 2.01. The highest BCUT2D eigenvalue weighted by molar-refractivity contribution is 5.78. The van der Waals surface area contributed by atoms with E-state index in [4.69, 9.17) is 9.84 Å². The van der Waals surface area contributed by atoms with Crippen LogP contribution in [0.4, 0.5) is 5.82 Å². The maximum atomic E-state index is 11.1. The third kappa shape index (κ3) is 2.46. The van der Waals surface area contributed by atoms with Gasteiger partial charge in [0.05, 0.1) is 6.61 Å². The Hall–Kier alpha value is -1.85. The van der Waals surface area contributed by atoms with E-state index in [-0.39, 0.29) is 0 Å². The van der Waals surface area contributed by atoms with Gasteiger partial charge in [-0.1, -0.05) is 0 Å². The Labute approximate surface area is 99.2 Å². The number of carboxylic acids is 1. The lowest BCUT2D eigenvalue weighted by Crippen LogP contribution is -2.36. The first kappa shape index (κ1) is 11.6. The minimum absolute atomic E-state index is 0.480. The zero-order valence-corrected chi connectivity index (χ0v) is 9.67. The van der Waals surface area contributed by atoms with Crippen LogP contribution in [0.25, 0.3) is 0 Å². The molecule has 0 aromatic carbocycles. The normalized spacial score (nSPS) is 19.4. The van der Waals surface area contributed by atoms with Crippen LogP contribution in [0.15, 0.2) is 12.4 Å². The fraction of sp³-hybridized carbons (Fsp3) is 0.545. The minimum Gasteiger partial charge on any atom is -0.480 e. The highest BCUT2D eigenvalue weighted by Crippen LogP contribution is 2.25. The lowest BCUT2D eigenvalue weighted by Gasteiger charge is -2.22. The van der Waals surface area contributed by atoms with Crippen LogP contribution < -0.4 is 9.64 Å². The van der Waals surface area contributed by atoms with Gasteiger partial charge in [0.25, 0.3) is 0 Å². The van der Waals surface area contributed by atoms with Gasteiger partial charge in [0.1, 0.15) is 18.2 Å². The first-order valence-corrected chi connectivity index (χ1v) is 5.66. The third-order valence-corrected chi connectivity index (χ3v) is 2.75. The Morgan fingerprint density at radius 2 is 2.47 bits per heavy atom. The molecule has 17 heavy (non-hydrogen) atoms. The molecule has 0 radical (unpaired) electrons. The summed E-state index contributed by atoms with van der Waals surface area (Å²) < 4.78 is 5.28. The molecule has 1 N–H and O–H groups in total. The zero-order valence-electron chi connectivity index (χ0n) is 9.67. The summed E-state index contributed by atoms with van der Waals surface area (Å²) in [4.78, 5) is 20.9. The van der Waals surface area contributed by atoms with Crippen LogP contribution in [-0.4, -0.2) is 40.2 Å². The molecule has 0 aliphatic carbocycles. The van der Waals surface area contributed by atoms with Gasteiger partial charge in [0.2, 0.25) is 5.88 Å². The molecule has 6 nitrogen and oxygen atoms in total. The highest BCUT2D eigenvalue weighted by atomic mass is 16.5. The van der Waals surface area contributed by atoms with E-state index >= 15 is 0 Å². The van der Waals surface area contributed by atoms with Crippen molar-refractivity contribution >= 4 is 11.8 Å². The summed E-state index contributed by atoms with van der Waals surface area (Å²) in [5, 5.41) is 9.10. The molecule has 0 spiro atoms. The summed E-state index contributed by atoms with van der Waals surface area (Å²) in [5.41, 5.74) is 0. The van der Waals surface area contributed by atoms with Gasteiger partial charge < -0.3 is 14.7 Å². The zero-order chi connectivity index (χ0) is 12.3. The van der Waals surface area contributed by atoms with Gasteiger partial charge in [-0.15, -0.1) is 0 Å². The van der Waals surface area contributed by atoms with E-state index in [1.54, 1.807) is 11.0 Å². The number of hydrogen-bond acceptors (Lipinski definition) is 5. The molecular formula is C11H15N3O3. The molecule has 1 saturated heterocycles. The number of hydrogen-bond donors (Lipinski definition) is 1. The van der Waals surface area contributed by atoms with Crippen molar-refractivity contribution in [3.63, 3.8) is 0 Å². The van der Waals surface area contributed by atoms with Crippen molar-refractivity contribution < 1.29 is 14.6 Å². The second kappa shape index (κ2) is 4.99. The topological polar surface area (TPSA) is 75.5 Å². The van der Waals surface area contributed by atoms with Gasteiger partial charge >= 0.3 is 5.97 Å². The fourth-order valence-electron chi connectivity index (χ4n) is 2.01. The molecule has 2 rings (SSSR count). The maximum absolute atomic E-state index is 11.1. The lowest BCUT2D eigenvalue weighted by atomic mass is 10.2. The number of aliphatic carboxylic acids is 1. The van der Waals surface area contributed by atoms with Crippen LogP contribution in [0.5, 0.6) is 5.88 Å². The van der Waals surface area contributed by atoms with E-state index < -0.39 is 12.0 Å². The lowest BCUT2D eigenvalue weighted by molar-refractivity contribution is -0.138. The van der Waals surface area contributed by atoms with Crippen LogP contribution >= 0.6 is 0 Å². The van der Waals surface area contributed by atoms with E-state index in [0.29, 0.717) is 31.3 Å². The third-order valence-electron chi connectivity index (χ3n) is 2.75. The summed E-state index contributed by atoms with van der Waals surface area (Å²) in [6.45, 7) is 3.11. The number of carboxylic acid groups (broad SMARTS) is 1. The molecule has 0 unspecified atom stereocenters. The van der Waals surface area contributed by atoms with Gasteiger partial charge in [0, 0.05) is 12.6 Å². The monoisotopic (exact) mass is 237 g/mol. The summed E-state index contributed by atoms with van der Waals surface area (Å²) in [6.07, 6.45) is 2.92. The average molecular weight is 237 g/mol. The van der Waals surface area contributed by atoms with E-state index in [0.717, 1.165) is 6.42 Å². The van der Waals surface area contributed by atoms with Crippen LogP contribution in [-0.2, 0) is 4.79 Å². The molecule has 1 aliphatic heterocycles. The van der Waals surface area contributed by atoms with Crippen molar-refractivity contribution in [2.24, 2.45) is 0 Å². The van der Waals surface area contributed by atoms with Crippen LogP contribution in [0.3, 0.4) is 0 Å². The van der Waals surface area contributed by atoms with Crippen LogP contribution in [0.2, 0.25) is 0 Å². The SMILES string of the molecule is CCOc1cc(N2CCC[C@H]2C(=O)O)ncn1. The van der Waals surface area contributed by atoms with E-state index in [2.05, 4.69) is 9.97 Å². The van der Waals surface area contributed by atoms with Crippen LogP contribution in [0, 0.1) is 0 Å². The molecule has 0 bridgehead atoms. The van der Waals surface area contributed by atoms with Gasteiger partial charge in [0.15, 0.2) is 0 Å². The Morgan fingerprint density at radius 3 is 3.18 bits per heavy atom. The summed E-state index contributed by atoms with van der Waals surface area (Å²) >= 11 is 0. The van der Waals surface area contributed by atoms with Crippen molar-refractivity contribution in [3.8, 4) is 5.88 Å². The number of anilines is 1. The molecule has 1 aromatic heterocycles. The van der Waals surface area contributed by atoms with Crippen molar-refractivity contribution in [2.75, 3.05) is 18.1 Å². The second-order valence-corrected chi connectivity index (χ2v) is 3.84. The Kier molecular flexibility index (Phi) is 3.41. The summed E-state index contributed by atoms with van der Waals surface area (Å²) in [6, 6.07) is 1.20. The molecule has 0 amide bonds. The molecular weight excluding hydrogens is 222 g/mol. The van der Waals surface area contributed by atoms with Gasteiger partial charge in [-0.2, -0.15) is 0 Å². The number of nitrogens with zero attached hydrogens (tertiary/aromatic N) is 3. The van der Waals surface area contributed by atoms with Crippen molar-refractivity contribution in [1.82, 2.24) is 9.97 Å². The first-order chi connectivity index (χ1) is 8.22. The standard InChI is InChI=1S/C11H15N3O3/c1-2-17-10-6-9(12-7-13-10)14-5-3-4-8(14)11(15)16/h6-8H,2-5H2,1H3,(H,15,16)/t8-/m0/s1. The highest BCUT2D eigenvalue weighted by Gasteiger charge is 2.31. The molecule has 2 heterocycles. The Balaban J connectivity index is 2.21. The van der Waals surface area contributed by atoms with Crippen molar-refractivity contribution in [1.29, 1.82) is 0 Å². The number of ether oxygens (including phenoxy) is 1. The largest absolute Gasteiger partial charge is 0.480 e. The smallest absolute Gasteiger partial charge is 0.326 e. The summed E-state index contributed by atoms with van der Waals surface area (Å²) in [7, 11) is 0. The molecule has 1 fully saturated rings. The Morgan fingerprint density at radius 1 is 1.65 bits per heavy atom. The molecule has 1 aromatic rings. The van der Waals surface area contributed by atoms with Gasteiger partial charge in [-0.05, 0) is 19.8 Å². The number of rotatable bonds is 4. The Bertz CT molecular complexity index is 411. The number of carbonyl (C=O) groups is 1. The quantitative estimate of drug-likeness (QED) is 0.839. The van der Waals surface area contributed by atoms with E-state index in [9.17, 15) is 4.79 Å². The van der Waals surface area contributed by atoms with Crippen LogP contribution in [0.1, 0.15) is 19.8 Å². The van der Waals surface area contributed by atoms with Crippen molar-refractivity contribution in [3.05, 3.63) is 12.4 Å². The predicted octanol–water partition coefficient (Wildman–Crippen LogP) is 0.929. The minimum atomic E-state index is -0.806. The first-order valence-electron chi connectivity index (χ1n) is 5.66. The second-order valence-electron chi connectivity index (χ2n) is 3.84. The van der Waals surface area contributed by atoms with Gasteiger partial charge in [-0.25, -0.2) is 14.8 Å². The van der Waals surface area contributed by atoms with Crippen molar-refractivity contribution in [2.45, 2.75) is 25.8 Å². The molecule has 0 saturated carbocycles. The van der Waals surface area contributed by atoms with E-state index in [1.807, 2.05) is 6.92 Å². The molecule has 1 atom stereocenters. The average Bonchev–Trinajstić information content (AvgIpc) is 2.79.